The van der Waals surface area contributed by atoms with Crippen molar-refractivity contribution < 1.29 is 14.0 Å². The Morgan fingerprint density at radius 3 is 2.50 bits per heavy atom. The second-order valence-corrected chi connectivity index (χ2v) is 6.10. The zero-order chi connectivity index (χ0) is 17.7. The van der Waals surface area contributed by atoms with Crippen molar-refractivity contribution >= 4 is 17.5 Å². The lowest BCUT2D eigenvalue weighted by molar-refractivity contribution is 0.0947. The van der Waals surface area contributed by atoms with Crippen molar-refractivity contribution in [3.05, 3.63) is 65.0 Å². The Kier molecular flexibility index (Phi) is 5.68. The molecule has 0 saturated carbocycles. The molecule has 0 bridgehead atoms. The van der Waals surface area contributed by atoms with Gasteiger partial charge in [-0.25, -0.2) is 4.39 Å². The van der Waals surface area contributed by atoms with Crippen LogP contribution in [0.25, 0.3) is 0 Å². The largest absolute Gasteiger partial charge is 0.352 e. The highest BCUT2D eigenvalue weighted by Crippen LogP contribution is 2.15. The molecule has 5 heteroatoms. The van der Waals surface area contributed by atoms with Crippen LogP contribution in [0.5, 0.6) is 0 Å². The van der Waals surface area contributed by atoms with E-state index in [0.29, 0.717) is 34.8 Å². The predicted octanol–water partition coefficient (Wildman–Crippen LogP) is 3.77. The van der Waals surface area contributed by atoms with Gasteiger partial charge >= 0.3 is 0 Å². The van der Waals surface area contributed by atoms with Crippen molar-refractivity contribution in [3.63, 3.8) is 0 Å². The van der Waals surface area contributed by atoms with E-state index in [9.17, 15) is 14.0 Å². The van der Waals surface area contributed by atoms with Crippen LogP contribution in [0.1, 0.15) is 40.1 Å². The summed E-state index contributed by atoms with van der Waals surface area (Å²) in [5, 5.41) is 5.57. The molecule has 0 fully saturated rings. The van der Waals surface area contributed by atoms with E-state index in [1.165, 1.54) is 18.2 Å². The minimum Gasteiger partial charge on any atom is -0.352 e. The van der Waals surface area contributed by atoms with E-state index in [2.05, 4.69) is 10.6 Å². The monoisotopic (exact) mass is 328 g/mol. The Morgan fingerprint density at radius 2 is 1.83 bits per heavy atom. The van der Waals surface area contributed by atoms with Crippen LogP contribution < -0.4 is 10.6 Å². The number of rotatable bonds is 5. The van der Waals surface area contributed by atoms with Gasteiger partial charge in [0, 0.05) is 23.4 Å². The summed E-state index contributed by atoms with van der Waals surface area (Å²) in [4.78, 5) is 24.4. The molecule has 2 amide bonds. The number of amides is 2. The van der Waals surface area contributed by atoms with Crippen LogP contribution in [0.15, 0.2) is 42.5 Å². The quantitative estimate of drug-likeness (QED) is 0.878. The number of hydrogen-bond acceptors (Lipinski definition) is 2. The maximum atomic E-state index is 13.1. The summed E-state index contributed by atoms with van der Waals surface area (Å²) in [6.45, 7) is 6.29. The number of anilines is 1. The van der Waals surface area contributed by atoms with Gasteiger partial charge in [0.05, 0.1) is 0 Å². The number of halogens is 1. The highest BCUT2D eigenvalue weighted by atomic mass is 19.1. The fraction of sp³-hybridized carbons (Fsp3) is 0.263. The molecule has 0 heterocycles. The summed E-state index contributed by atoms with van der Waals surface area (Å²) in [7, 11) is 0. The van der Waals surface area contributed by atoms with Gasteiger partial charge < -0.3 is 10.6 Å². The fourth-order valence-corrected chi connectivity index (χ4v) is 2.22. The van der Waals surface area contributed by atoms with E-state index < -0.39 is 0 Å². The average Bonchev–Trinajstić information content (AvgIpc) is 2.52. The van der Waals surface area contributed by atoms with Crippen LogP contribution in [-0.4, -0.2) is 18.4 Å². The average molecular weight is 328 g/mol. The Morgan fingerprint density at radius 1 is 1.08 bits per heavy atom. The minimum atomic E-state index is -0.382. The molecule has 24 heavy (non-hydrogen) atoms. The topological polar surface area (TPSA) is 58.2 Å². The molecule has 2 rings (SSSR count). The van der Waals surface area contributed by atoms with E-state index >= 15 is 0 Å². The Bertz CT molecular complexity index is 757. The third-order valence-electron chi connectivity index (χ3n) is 3.49. The molecule has 126 valence electrons. The third-order valence-corrected chi connectivity index (χ3v) is 3.49. The number of carbonyl (C=O) groups excluding carboxylic acids is 2. The van der Waals surface area contributed by atoms with Gasteiger partial charge in [-0.1, -0.05) is 19.9 Å². The highest BCUT2D eigenvalue weighted by molar-refractivity contribution is 6.06. The summed E-state index contributed by atoms with van der Waals surface area (Å²) >= 11 is 0. The molecule has 0 aliphatic heterocycles. The molecule has 2 aromatic rings. The summed E-state index contributed by atoms with van der Waals surface area (Å²) < 4.78 is 13.1. The SMILES string of the molecule is Cc1cc(F)ccc1C(=O)Nc1cccc(C(=O)NCC(C)C)c1. The van der Waals surface area contributed by atoms with E-state index in [1.54, 1.807) is 31.2 Å². The molecular weight excluding hydrogens is 307 g/mol. The predicted molar refractivity (Wildman–Crippen MR) is 92.7 cm³/mol. The second kappa shape index (κ2) is 7.73. The van der Waals surface area contributed by atoms with Crippen LogP contribution in [0.2, 0.25) is 0 Å². The van der Waals surface area contributed by atoms with Crippen molar-refractivity contribution in [3.8, 4) is 0 Å². The molecule has 0 aliphatic rings. The molecule has 0 unspecified atom stereocenters. The highest BCUT2D eigenvalue weighted by Gasteiger charge is 2.12. The zero-order valence-corrected chi connectivity index (χ0v) is 14.0. The van der Waals surface area contributed by atoms with Gasteiger partial charge in [0.2, 0.25) is 0 Å². The molecule has 0 atom stereocenters. The van der Waals surface area contributed by atoms with Gasteiger partial charge in [0.25, 0.3) is 11.8 Å². The summed E-state index contributed by atoms with van der Waals surface area (Å²) in [5.41, 5.74) is 1.94. The lowest BCUT2D eigenvalue weighted by Crippen LogP contribution is -2.27. The molecule has 0 spiro atoms. The van der Waals surface area contributed by atoms with E-state index in [1.807, 2.05) is 13.8 Å². The van der Waals surface area contributed by atoms with Crippen molar-refractivity contribution in [1.82, 2.24) is 5.32 Å². The minimum absolute atomic E-state index is 0.183. The first kappa shape index (κ1) is 17.7. The first-order valence-electron chi connectivity index (χ1n) is 7.82. The van der Waals surface area contributed by atoms with Crippen LogP contribution in [-0.2, 0) is 0 Å². The number of benzene rings is 2. The Labute approximate surface area is 141 Å². The zero-order valence-electron chi connectivity index (χ0n) is 14.0. The number of aryl methyl sites for hydroxylation is 1. The van der Waals surface area contributed by atoms with Crippen LogP contribution >= 0.6 is 0 Å². The van der Waals surface area contributed by atoms with E-state index in [0.717, 1.165) is 0 Å². The third kappa shape index (κ3) is 4.65. The molecule has 0 radical (unpaired) electrons. The lowest BCUT2D eigenvalue weighted by atomic mass is 10.1. The van der Waals surface area contributed by atoms with Gasteiger partial charge in [0.1, 0.15) is 5.82 Å². The van der Waals surface area contributed by atoms with Gasteiger partial charge in [-0.2, -0.15) is 0 Å². The molecule has 0 aromatic heterocycles. The number of hydrogen-bond donors (Lipinski definition) is 2. The number of carbonyl (C=O) groups is 2. The van der Waals surface area contributed by atoms with Crippen LogP contribution in [0.3, 0.4) is 0 Å². The smallest absolute Gasteiger partial charge is 0.255 e. The first-order valence-corrected chi connectivity index (χ1v) is 7.82. The van der Waals surface area contributed by atoms with E-state index in [4.69, 9.17) is 0 Å². The van der Waals surface area contributed by atoms with Crippen LogP contribution in [0, 0.1) is 18.7 Å². The molecule has 2 N–H and O–H groups in total. The van der Waals surface area contributed by atoms with Gasteiger partial charge in [-0.15, -0.1) is 0 Å². The van der Waals surface area contributed by atoms with Crippen LogP contribution in [0.4, 0.5) is 10.1 Å². The summed E-state index contributed by atoms with van der Waals surface area (Å²) in [6.07, 6.45) is 0. The summed E-state index contributed by atoms with van der Waals surface area (Å²) in [5.74, 6) is -0.545. The Hall–Kier alpha value is -2.69. The van der Waals surface area contributed by atoms with Gasteiger partial charge in [-0.05, 0) is 54.8 Å². The summed E-state index contributed by atoms with van der Waals surface area (Å²) in [6, 6.07) is 10.7. The first-order chi connectivity index (χ1) is 11.4. The number of nitrogens with one attached hydrogen (secondary N) is 2. The fourth-order valence-electron chi connectivity index (χ4n) is 2.22. The maximum absolute atomic E-state index is 13.1. The lowest BCUT2D eigenvalue weighted by Gasteiger charge is -2.10. The molecule has 4 nitrogen and oxygen atoms in total. The maximum Gasteiger partial charge on any atom is 0.255 e. The normalized spacial score (nSPS) is 10.5. The van der Waals surface area contributed by atoms with Crippen molar-refractivity contribution in [1.29, 1.82) is 0 Å². The van der Waals surface area contributed by atoms with Gasteiger partial charge in [-0.3, -0.25) is 9.59 Å². The van der Waals surface area contributed by atoms with Crippen molar-refractivity contribution in [2.45, 2.75) is 20.8 Å². The standard InChI is InChI=1S/C19H21FN2O2/c1-12(2)11-21-18(23)14-5-4-6-16(10-14)22-19(24)17-8-7-15(20)9-13(17)3/h4-10,12H,11H2,1-3H3,(H,21,23)(H,22,24). The van der Waals surface area contributed by atoms with Crippen molar-refractivity contribution in [2.75, 3.05) is 11.9 Å². The molecule has 0 aliphatic carbocycles. The van der Waals surface area contributed by atoms with Gasteiger partial charge in [0.15, 0.2) is 0 Å². The molecular formula is C19H21FN2O2. The molecule has 2 aromatic carbocycles. The second-order valence-electron chi connectivity index (χ2n) is 6.10. The van der Waals surface area contributed by atoms with Crippen molar-refractivity contribution in [2.24, 2.45) is 5.92 Å². The Balaban J connectivity index is 2.11. The molecule has 0 saturated heterocycles. The van der Waals surface area contributed by atoms with E-state index in [-0.39, 0.29) is 17.6 Å².